The first-order chi connectivity index (χ1) is 7.66. The molecule has 0 fully saturated rings. The molecule has 0 N–H and O–H groups in total. The highest BCUT2D eigenvalue weighted by Crippen LogP contribution is 2.14. The number of aromatic nitrogens is 1. The largest absolute Gasteiger partial charge is 0.332 e. The summed E-state index contributed by atoms with van der Waals surface area (Å²) in [6, 6.07) is 1.77. The van der Waals surface area contributed by atoms with Crippen molar-refractivity contribution in [2.45, 2.75) is 13.3 Å². The van der Waals surface area contributed by atoms with Crippen LogP contribution in [0.2, 0.25) is 0 Å². The molecule has 1 amide bonds. The van der Waals surface area contributed by atoms with Gasteiger partial charge in [-0.25, -0.2) is 4.39 Å². The van der Waals surface area contributed by atoms with Gasteiger partial charge in [0.1, 0.15) is 5.83 Å². The fraction of sp³-hybridized carbons (Fsp3) is 0.333. The van der Waals surface area contributed by atoms with Gasteiger partial charge in [-0.1, -0.05) is 0 Å². The average Bonchev–Trinajstić information content (AvgIpc) is 2.28. The van der Waals surface area contributed by atoms with Crippen LogP contribution in [0.4, 0.5) is 4.39 Å². The van der Waals surface area contributed by atoms with Gasteiger partial charge in [0, 0.05) is 18.9 Å². The molecule has 0 spiro atoms. The Bertz CT molecular complexity index is 442. The summed E-state index contributed by atoms with van der Waals surface area (Å²) in [5.41, 5.74) is 1.45. The van der Waals surface area contributed by atoms with Crippen LogP contribution < -0.4 is 0 Å². The van der Waals surface area contributed by atoms with Crippen LogP contribution in [-0.4, -0.2) is 28.9 Å². The van der Waals surface area contributed by atoms with Gasteiger partial charge in [-0.2, -0.15) is 0 Å². The molecule has 1 aromatic heterocycles. The molecule has 0 aliphatic carbocycles. The number of hydrogen-bond acceptors (Lipinski definition) is 2. The third-order valence-corrected chi connectivity index (χ3v) is 2.52. The number of amides is 1. The summed E-state index contributed by atoms with van der Waals surface area (Å²) in [4.78, 5) is 17.5. The summed E-state index contributed by atoms with van der Waals surface area (Å²) < 4.78 is 13.0. The van der Waals surface area contributed by atoms with Crippen LogP contribution in [0.1, 0.15) is 22.3 Å². The van der Waals surface area contributed by atoms with Crippen LogP contribution in [0.5, 0.6) is 0 Å². The number of aryl methyl sites for hydroxylation is 1. The summed E-state index contributed by atoms with van der Waals surface area (Å²) in [6.45, 7) is 2.52. The van der Waals surface area contributed by atoms with E-state index in [1.54, 1.807) is 12.3 Å². The minimum absolute atomic E-state index is 0.0762. The minimum Gasteiger partial charge on any atom is -0.332 e. The second kappa shape index (κ2) is 4.43. The molecule has 3 nitrogen and oxygen atoms in total. The van der Waals surface area contributed by atoms with Crippen LogP contribution in [-0.2, 0) is 0 Å². The van der Waals surface area contributed by atoms with E-state index in [0.29, 0.717) is 18.5 Å². The standard InChI is InChI=1S/C12H13FN2O/c1-9-5-10(7-14-6-9)12(16)15-4-2-3-11(13)8-15/h3,5-7H,2,4,8H2,1H3. The van der Waals surface area contributed by atoms with Gasteiger partial charge in [0.2, 0.25) is 0 Å². The number of rotatable bonds is 1. The van der Waals surface area contributed by atoms with E-state index in [2.05, 4.69) is 4.98 Å². The van der Waals surface area contributed by atoms with Crippen LogP contribution in [0.3, 0.4) is 0 Å². The molecule has 16 heavy (non-hydrogen) atoms. The molecule has 4 heteroatoms. The first-order valence-corrected chi connectivity index (χ1v) is 5.22. The number of hydrogen-bond donors (Lipinski definition) is 0. The Morgan fingerprint density at radius 1 is 1.50 bits per heavy atom. The van der Waals surface area contributed by atoms with Crippen molar-refractivity contribution < 1.29 is 9.18 Å². The van der Waals surface area contributed by atoms with Crippen molar-refractivity contribution in [1.82, 2.24) is 9.88 Å². The zero-order valence-electron chi connectivity index (χ0n) is 9.11. The summed E-state index contributed by atoms with van der Waals surface area (Å²) in [5.74, 6) is -0.389. The highest BCUT2D eigenvalue weighted by atomic mass is 19.1. The second-order valence-electron chi connectivity index (χ2n) is 3.92. The number of pyridine rings is 1. The van der Waals surface area contributed by atoms with Gasteiger partial charge in [-0.3, -0.25) is 9.78 Å². The molecule has 0 bridgehead atoms. The van der Waals surface area contributed by atoms with E-state index >= 15 is 0 Å². The lowest BCUT2D eigenvalue weighted by atomic mass is 10.1. The van der Waals surface area contributed by atoms with Crippen molar-refractivity contribution >= 4 is 5.91 Å². The maximum Gasteiger partial charge on any atom is 0.255 e. The molecule has 84 valence electrons. The van der Waals surface area contributed by atoms with Crippen LogP contribution in [0.15, 0.2) is 30.4 Å². The maximum absolute atomic E-state index is 13.0. The maximum atomic E-state index is 13.0. The topological polar surface area (TPSA) is 33.2 Å². The number of halogens is 1. The van der Waals surface area contributed by atoms with Crippen LogP contribution in [0, 0.1) is 6.92 Å². The van der Waals surface area contributed by atoms with Gasteiger partial charge < -0.3 is 4.90 Å². The molecule has 2 rings (SSSR count). The average molecular weight is 220 g/mol. The Kier molecular flexibility index (Phi) is 2.99. The Balaban J connectivity index is 2.16. The van der Waals surface area contributed by atoms with Gasteiger partial charge >= 0.3 is 0 Å². The molecule has 0 unspecified atom stereocenters. The highest BCUT2D eigenvalue weighted by molar-refractivity contribution is 5.94. The quantitative estimate of drug-likeness (QED) is 0.726. The van der Waals surface area contributed by atoms with Crippen molar-refractivity contribution in [2.24, 2.45) is 0 Å². The van der Waals surface area contributed by atoms with E-state index in [1.807, 2.05) is 6.92 Å². The summed E-state index contributed by atoms with van der Waals surface area (Å²) in [7, 11) is 0. The van der Waals surface area contributed by atoms with Gasteiger partial charge in [0.25, 0.3) is 5.91 Å². The Morgan fingerprint density at radius 2 is 2.31 bits per heavy atom. The predicted octanol–water partition coefficient (Wildman–Crippen LogP) is 2.09. The fourth-order valence-corrected chi connectivity index (χ4v) is 1.73. The van der Waals surface area contributed by atoms with Crippen molar-refractivity contribution in [3.63, 3.8) is 0 Å². The summed E-state index contributed by atoms with van der Waals surface area (Å²) in [5, 5.41) is 0. The van der Waals surface area contributed by atoms with Gasteiger partial charge in [0.05, 0.1) is 12.1 Å². The van der Waals surface area contributed by atoms with E-state index < -0.39 is 0 Å². The Hall–Kier alpha value is -1.71. The lowest BCUT2D eigenvalue weighted by Crippen LogP contribution is -2.35. The van der Waals surface area contributed by atoms with E-state index in [-0.39, 0.29) is 18.3 Å². The van der Waals surface area contributed by atoms with Crippen LogP contribution in [0.25, 0.3) is 0 Å². The van der Waals surface area contributed by atoms with E-state index in [0.717, 1.165) is 5.56 Å². The fourth-order valence-electron chi connectivity index (χ4n) is 1.73. The summed E-state index contributed by atoms with van der Waals surface area (Å²) in [6.07, 6.45) is 5.31. The first-order valence-electron chi connectivity index (χ1n) is 5.22. The SMILES string of the molecule is Cc1cncc(C(=O)N2CCC=C(F)C2)c1. The molecule has 0 atom stereocenters. The third kappa shape index (κ3) is 2.27. The molecule has 0 saturated carbocycles. The smallest absolute Gasteiger partial charge is 0.255 e. The number of nitrogens with zero attached hydrogens (tertiary/aromatic N) is 2. The molecular weight excluding hydrogens is 207 g/mol. The van der Waals surface area contributed by atoms with Crippen molar-refractivity contribution in [3.05, 3.63) is 41.5 Å². The molecule has 0 saturated heterocycles. The zero-order chi connectivity index (χ0) is 11.5. The van der Waals surface area contributed by atoms with Crippen molar-refractivity contribution in [1.29, 1.82) is 0 Å². The van der Waals surface area contributed by atoms with Crippen molar-refractivity contribution in [3.8, 4) is 0 Å². The van der Waals surface area contributed by atoms with E-state index in [4.69, 9.17) is 0 Å². The number of carbonyl (C=O) groups excluding carboxylic acids is 1. The van der Waals surface area contributed by atoms with Crippen molar-refractivity contribution in [2.75, 3.05) is 13.1 Å². The molecule has 1 aliphatic heterocycles. The minimum atomic E-state index is -0.236. The molecular formula is C12H13FN2O. The lowest BCUT2D eigenvalue weighted by molar-refractivity contribution is 0.0755. The molecule has 1 aromatic rings. The van der Waals surface area contributed by atoms with Gasteiger partial charge in [-0.15, -0.1) is 0 Å². The first kappa shape index (κ1) is 10.8. The third-order valence-electron chi connectivity index (χ3n) is 2.52. The lowest BCUT2D eigenvalue weighted by Gasteiger charge is -2.24. The Labute approximate surface area is 93.6 Å². The van der Waals surface area contributed by atoms with Crippen LogP contribution >= 0.6 is 0 Å². The molecule has 1 aliphatic rings. The van der Waals surface area contributed by atoms with Gasteiger partial charge in [0.15, 0.2) is 0 Å². The highest BCUT2D eigenvalue weighted by Gasteiger charge is 2.19. The monoisotopic (exact) mass is 220 g/mol. The van der Waals surface area contributed by atoms with Gasteiger partial charge in [-0.05, 0) is 31.1 Å². The molecule has 0 radical (unpaired) electrons. The predicted molar refractivity (Wildman–Crippen MR) is 58.7 cm³/mol. The molecule has 2 heterocycles. The summed E-state index contributed by atoms with van der Waals surface area (Å²) >= 11 is 0. The second-order valence-corrected chi connectivity index (χ2v) is 3.92. The molecule has 0 aromatic carbocycles. The normalized spacial score (nSPS) is 15.9. The van der Waals surface area contributed by atoms with E-state index in [1.165, 1.54) is 17.2 Å². The Morgan fingerprint density at radius 3 is 3.00 bits per heavy atom. The van der Waals surface area contributed by atoms with E-state index in [9.17, 15) is 9.18 Å². The zero-order valence-corrected chi connectivity index (χ0v) is 9.11. The number of carbonyl (C=O) groups is 1.